The molecule has 2 aliphatic rings. The highest BCUT2D eigenvalue weighted by Gasteiger charge is 2.39. The summed E-state index contributed by atoms with van der Waals surface area (Å²) < 4.78 is 5.57. The molecule has 0 aliphatic carbocycles. The lowest BCUT2D eigenvalue weighted by atomic mass is 10.2. The molecule has 1 aromatic heterocycles. The van der Waals surface area contributed by atoms with E-state index in [9.17, 15) is 0 Å². The van der Waals surface area contributed by atoms with Crippen molar-refractivity contribution in [3.8, 4) is 0 Å². The largest absolute Gasteiger partial charge is 0.374 e. The number of rotatable bonds is 2. The minimum atomic E-state index is 0.372. The summed E-state index contributed by atoms with van der Waals surface area (Å²) in [6, 6.07) is 2.30. The van der Waals surface area contributed by atoms with Gasteiger partial charge in [-0.3, -0.25) is 0 Å². The van der Waals surface area contributed by atoms with Crippen LogP contribution in [0.2, 0.25) is 5.15 Å². The minimum Gasteiger partial charge on any atom is -0.374 e. The van der Waals surface area contributed by atoms with Gasteiger partial charge in [-0.1, -0.05) is 23.4 Å². The van der Waals surface area contributed by atoms with Crippen LogP contribution in [0.5, 0.6) is 0 Å². The maximum atomic E-state index is 5.99. The zero-order valence-electron chi connectivity index (χ0n) is 8.89. The van der Waals surface area contributed by atoms with Crippen LogP contribution in [0.25, 0.3) is 0 Å². The lowest BCUT2D eigenvalue weighted by Gasteiger charge is -2.27. The van der Waals surface area contributed by atoms with E-state index in [1.165, 1.54) is 11.8 Å². The molecule has 2 bridgehead atoms. The predicted molar refractivity (Wildman–Crippen MR) is 64.3 cm³/mol. The number of fused-ring (bicyclic) bond motifs is 2. The number of nitrogens with zero attached hydrogens (tertiary/aromatic N) is 3. The summed E-state index contributed by atoms with van der Waals surface area (Å²) >= 11 is 7.50. The molecule has 0 unspecified atom stereocenters. The van der Waals surface area contributed by atoms with Crippen LogP contribution < -0.4 is 4.90 Å². The molecule has 16 heavy (non-hydrogen) atoms. The van der Waals surface area contributed by atoms with Crippen LogP contribution in [-0.4, -0.2) is 41.5 Å². The van der Waals surface area contributed by atoms with Gasteiger partial charge in [0.05, 0.1) is 18.8 Å². The number of halogens is 1. The molecule has 1 aromatic rings. The van der Waals surface area contributed by atoms with Crippen molar-refractivity contribution in [1.29, 1.82) is 0 Å². The lowest BCUT2D eigenvalue weighted by Crippen LogP contribution is -2.37. The molecule has 86 valence electrons. The molecular weight excluding hydrogens is 246 g/mol. The summed E-state index contributed by atoms with van der Waals surface area (Å²) in [4.78, 5) is 10.9. The van der Waals surface area contributed by atoms with E-state index in [0.29, 0.717) is 17.3 Å². The molecule has 0 amide bonds. The van der Waals surface area contributed by atoms with Crippen LogP contribution >= 0.6 is 23.4 Å². The molecule has 0 aromatic carbocycles. The van der Waals surface area contributed by atoms with Gasteiger partial charge in [0.15, 0.2) is 5.16 Å². The van der Waals surface area contributed by atoms with Crippen molar-refractivity contribution < 1.29 is 4.74 Å². The van der Waals surface area contributed by atoms with Crippen molar-refractivity contribution in [1.82, 2.24) is 9.97 Å². The van der Waals surface area contributed by atoms with Gasteiger partial charge in [0, 0.05) is 12.6 Å². The maximum absolute atomic E-state index is 5.99. The Morgan fingerprint density at radius 2 is 2.44 bits per heavy atom. The number of hydrogen-bond donors (Lipinski definition) is 0. The van der Waals surface area contributed by atoms with Gasteiger partial charge in [-0.25, -0.2) is 9.97 Å². The molecular formula is C10H12ClN3OS. The number of hydrogen-bond acceptors (Lipinski definition) is 5. The maximum Gasteiger partial charge on any atom is 0.190 e. The van der Waals surface area contributed by atoms with Crippen molar-refractivity contribution in [2.75, 3.05) is 24.3 Å². The third-order valence-electron chi connectivity index (χ3n) is 3.04. The fraction of sp³-hybridized carbons (Fsp3) is 0.600. The molecule has 3 heterocycles. The number of anilines is 1. The van der Waals surface area contributed by atoms with Crippen molar-refractivity contribution in [3.05, 3.63) is 11.2 Å². The first-order valence-corrected chi connectivity index (χ1v) is 6.83. The number of thioether (sulfide) groups is 1. The zero-order valence-corrected chi connectivity index (χ0v) is 10.5. The first-order chi connectivity index (χ1) is 7.76. The van der Waals surface area contributed by atoms with Gasteiger partial charge < -0.3 is 9.64 Å². The van der Waals surface area contributed by atoms with Gasteiger partial charge in [0.2, 0.25) is 0 Å². The fourth-order valence-electron chi connectivity index (χ4n) is 2.30. The van der Waals surface area contributed by atoms with Crippen molar-refractivity contribution in [2.45, 2.75) is 23.7 Å². The summed E-state index contributed by atoms with van der Waals surface area (Å²) in [5.74, 6) is 0.931. The highest BCUT2D eigenvalue weighted by molar-refractivity contribution is 7.98. The van der Waals surface area contributed by atoms with E-state index in [4.69, 9.17) is 16.3 Å². The first kappa shape index (κ1) is 10.6. The summed E-state index contributed by atoms with van der Waals surface area (Å²) in [6.07, 6.45) is 3.43. The third-order valence-corrected chi connectivity index (χ3v) is 3.78. The van der Waals surface area contributed by atoms with Gasteiger partial charge in [0.25, 0.3) is 0 Å². The van der Waals surface area contributed by atoms with Crippen LogP contribution in [0, 0.1) is 0 Å². The molecule has 4 nitrogen and oxygen atoms in total. The topological polar surface area (TPSA) is 38.2 Å². The van der Waals surface area contributed by atoms with Crippen LogP contribution in [-0.2, 0) is 4.74 Å². The molecule has 2 fully saturated rings. The Balaban J connectivity index is 1.91. The second-order valence-corrected chi connectivity index (χ2v) is 5.19. The molecule has 3 rings (SSSR count). The highest BCUT2D eigenvalue weighted by atomic mass is 35.5. The predicted octanol–water partition coefficient (Wildman–Crippen LogP) is 1.83. The molecule has 0 spiro atoms. The van der Waals surface area contributed by atoms with Crippen LogP contribution in [0.3, 0.4) is 0 Å². The van der Waals surface area contributed by atoms with Crippen LogP contribution in [0.15, 0.2) is 11.2 Å². The van der Waals surface area contributed by atoms with Gasteiger partial charge in [0.1, 0.15) is 11.0 Å². The van der Waals surface area contributed by atoms with Crippen molar-refractivity contribution >= 4 is 29.2 Å². The average molecular weight is 258 g/mol. The lowest BCUT2D eigenvalue weighted by molar-refractivity contribution is 0.0988. The minimum absolute atomic E-state index is 0.372. The molecule has 0 saturated carbocycles. The Hall–Kier alpha value is -0.520. The van der Waals surface area contributed by atoms with E-state index < -0.39 is 0 Å². The Kier molecular flexibility index (Phi) is 2.69. The number of ether oxygens (including phenoxy) is 1. The van der Waals surface area contributed by atoms with E-state index in [1.54, 1.807) is 0 Å². The summed E-state index contributed by atoms with van der Waals surface area (Å²) in [6.45, 7) is 1.73. The van der Waals surface area contributed by atoms with Gasteiger partial charge in [-0.05, 0) is 12.7 Å². The second kappa shape index (κ2) is 4.05. The molecule has 2 aliphatic heterocycles. The van der Waals surface area contributed by atoms with Crippen LogP contribution in [0.4, 0.5) is 5.82 Å². The summed E-state index contributed by atoms with van der Waals surface area (Å²) in [5, 5.41) is 1.24. The normalized spacial score (nSPS) is 27.8. The first-order valence-electron chi connectivity index (χ1n) is 5.23. The zero-order chi connectivity index (χ0) is 11.1. The van der Waals surface area contributed by atoms with Crippen LogP contribution in [0.1, 0.15) is 6.42 Å². The van der Waals surface area contributed by atoms with E-state index in [2.05, 4.69) is 14.9 Å². The molecule has 2 atom stereocenters. The monoisotopic (exact) mass is 257 g/mol. The standard InChI is InChI=1S/C10H12ClN3OS/c1-16-10-12-8(11)3-9(13-10)14-4-7-2-6(14)5-15-7/h3,6-7H,2,4-5H2,1H3/t6-,7-/m0/s1. The summed E-state index contributed by atoms with van der Waals surface area (Å²) in [5.41, 5.74) is 0. The molecule has 2 saturated heterocycles. The quantitative estimate of drug-likeness (QED) is 0.459. The Labute approximate surface area is 103 Å². The van der Waals surface area contributed by atoms with Gasteiger partial charge >= 0.3 is 0 Å². The molecule has 6 heteroatoms. The van der Waals surface area contributed by atoms with E-state index in [1.807, 2.05) is 12.3 Å². The Bertz CT molecular complexity index is 417. The van der Waals surface area contributed by atoms with Crippen molar-refractivity contribution in [3.63, 3.8) is 0 Å². The fourth-order valence-corrected chi connectivity index (χ4v) is 2.91. The molecule has 0 radical (unpaired) electrons. The molecule has 0 N–H and O–H groups in total. The Morgan fingerprint density at radius 1 is 1.56 bits per heavy atom. The SMILES string of the molecule is CSc1nc(Cl)cc(N2C[C@@H]3C[C@H]2CO3)n1. The third kappa shape index (κ3) is 1.77. The average Bonchev–Trinajstić information content (AvgIpc) is 2.89. The number of morpholine rings is 1. The number of aromatic nitrogens is 2. The summed E-state index contributed by atoms with van der Waals surface area (Å²) in [7, 11) is 0. The smallest absolute Gasteiger partial charge is 0.190 e. The highest BCUT2D eigenvalue weighted by Crippen LogP contribution is 2.32. The van der Waals surface area contributed by atoms with E-state index in [-0.39, 0.29) is 0 Å². The van der Waals surface area contributed by atoms with Crippen molar-refractivity contribution in [2.24, 2.45) is 0 Å². The second-order valence-electron chi connectivity index (χ2n) is 4.03. The van der Waals surface area contributed by atoms with Gasteiger partial charge in [-0.15, -0.1) is 0 Å². The van der Waals surface area contributed by atoms with E-state index in [0.717, 1.165) is 30.5 Å². The van der Waals surface area contributed by atoms with Gasteiger partial charge in [-0.2, -0.15) is 0 Å². The Morgan fingerprint density at radius 3 is 3.06 bits per heavy atom. The van der Waals surface area contributed by atoms with E-state index >= 15 is 0 Å².